The fourth-order valence-corrected chi connectivity index (χ4v) is 2.98. The van der Waals surface area contributed by atoms with Gasteiger partial charge < -0.3 is 21.8 Å². The van der Waals surface area contributed by atoms with E-state index in [-0.39, 0.29) is 12.6 Å². The van der Waals surface area contributed by atoms with Crippen LogP contribution in [0.15, 0.2) is 30.5 Å². The Labute approximate surface area is 171 Å². The van der Waals surface area contributed by atoms with Crippen LogP contribution in [0.3, 0.4) is 0 Å². The van der Waals surface area contributed by atoms with E-state index in [1.807, 2.05) is 24.3 Å². The lowest BCUT2D eigenvalue weighted by molar-refractivity contribution is -0.119. The van der Waals surface area contributed by atoms with Crippen molar-refractivity contribution >= 4 is 52.3 Å². The summed E-state index contributed by atoms with van der Waals surface area (Å²) in [6, 6.07) is 7.58. The highest BCUT2D eigenvalue weighted by Gasteiger charge is 2.08. The number of amides is 1. The Morgan fingerprint density at radius 2 is 2.07 bits per heavy atom. The first kappa shape index (κ1) is 19.9. The number of nitrogen functional groups attached to an aromatic ring is 1. The van der Waals surface area contributed by atoms with E-state index in [2.05, 4.69) is 26.0 Å². The van der Waals surface area contributed by atoms with Gasteiger partial charge in [0, 0.05) is 42.3 Å². The topological polar surface area (TPSA) is 115 Å². The van der Waals surface area contributed by atoms with Gasteiger partial charge in [-0.2, -0.15) is 0 Å². The fourth-order valence-electron chi connectivity index (χ4n) is 2.62. The molecule has 0 radical (unpaired) electrons. The van der Waals surface area contributed by atoms with E-state index in [0.717, 1.165) is 29.6 Å². The van der Waals surface area contributed by atoms with Crippen LogP contribution in [0.25, 0.3) is 10.9 Å². The molecule has 1 amide bonds. The van der Waals surface area contributed by atoms with Crippen molar-refractivity contribution in [1.29, 1.82) is 0 Å². The average molecular weight is 421 g/mol. The van der Waals surface area contributed by atoms with Gasteiger partial charge in [-0.1, -0.05) is 11.6 Å². The lowest BCUT2D eigenvalue weighted by Crippen LogP contribution is -2.24. The summed E-state index contributed by atoms with van der Waals surface area (Å²) in [5.74, 6) is 6.19. The second-order valence-corrected chi connectivity index (χ2v) is 6.90. The SMILES string of the molecule is CC(=O)NCn1nc(NCCCNc2ccnc3cc(Cl)ccc23)n(N)c1=S. The summed E-state index contributed by atoms with van der Waals surface area (Å²) in [6.45, 7) is 2.99. The third-order valence-electron chi connectivity index (χ3n) is 4.01. The number of anilines is 2. The number of nitrogens with zero attached hydrogens (tertiary/aromatic N) is 4. The minimum absolute atomic E-state index is 0.167. The molecule has 0 saturated heterocycles. The minimum Gasteiger partial charge on any atom is -0.384 e. The number of hydrogen-bond acceptors (Lipinski definition) is 7. The summed E-state index contributed by atoms with van der Waals surface area (Å²) < 4.78 is 3.05. The molecule has 11 heteroatoms. The second-order valence-electron chi connectivity index (χ2n) is 6.09. The molecule has 0 aliphatic carbocycles. The van der Waals surface area contributed by atoms with E-state index >= 15 is 0 Å². The van der Waals surface area contributed by atoms with Gasteiger partial charge in [-0.25, -0.2) is 9.36 Å². The quantitative estimate of drug-likeness (QED) is 0.251. The minimum atomic E-state index is -0.167. The van der Waals surface area contributed by atoms with Crippen LogP contribution in [-0.4, -0.2) is 38.4 Å². The monoisotopic (exact) mass is 420 g/mol. The molecule has 2 heterocycles. The van der Waals surface area contributed by atoms with Crippen LogP contribution in [-0.2, 0) is 11.5 Å². The molecule has 0 aliphatic heterocycles. The summed E-state index contributed by atoms with van der Waals surface area (Å²) in [6.07, 6.45) is 2.58. The number of carbonyl (C=O) groups is 1. The number of nitrogens with two attached hydrogens (primary N) is 1. The summed E-state index contributed by atoms with van der Waals surface area (Å²) in [7, 11) is 0. The Bertz CT molecular complexity index is 1050. The number of pyridine rings is 1. The average Bonchev–Trinajstić information content (AvgIpc) is 2.93. The largest absolute Gasteiger partial charge is 0.384 e. The zero-order valence-electron chi connectivity index (χ0n) is 15.3. The number of halogens is 1. The van der Waals surface area contributed by atoms with Gasteiger partial charge in [0.05, 0.1) is 5.52 Å². The van der Waals surface area contributed by atoms with Gasteiger partial charge in [0.2, 0.25) is 16.6 Å². The van der Waals surface area contributed by atoms with Crippen LogP contribution in [0.1, 0.15) is 13.3 Å². The molecule has 0 unspecified atom stereocenters. The molecule has 0 saturated carbocycles. The number of rotatable bonds is 8. The summed E-state index contributed by atoms with van der Waals surface area (Å²) in [5, 5.41) is 15.1. The Kier molecular flexibility index (Phi) is 6.32. The number of hydrogen-bond donors (Lipinski definition) is 4. The first-order chi connectivity index (χ1) is 13.5. The molecular weight excluding hydrogens is 400 g/mol. The van der Waals surface area contributed by atoms with Gasteiger partial charge in [-0.15, -0.1) is 5.10 Å². The van der Waals surface area contributed by atoms with E-state index in [0.29, 0.717) is 22.3 Å². The van der Waals surface area contributed by atoms with Crippen LogP contribution in [0.5, 0.6) is 0 Å². The third kappa shape index (κ3) is 4.70. The lowest BCUT2D eigenvalue weighted by Gasteiger charge is -2.10. The molecule has 2 aromatic heterocycles. The van der Waals surface area contributed by atoms with Gasteiger partial charge in [0.25, 0.3) is 0 Å². The Balaban J connectivity index is 1.52. The van der Waals surface area contributed by atoms with E-state index in [1.54, 1.807) is 6.20 Å². The molecule has 3 aromatic rings. The van der Waals surface area contributed by atoms with Crippen molar-refractivity contribution in [3.8, 4) is 0 Å². The molecule has 0 bridgehead atoms. The maximum atomic E-state index is 11.0. The Hall–Kier alpha value is -2.85. The first-order valence-electron chi connectivity index (χ1n) is 8.67. The molecule has 28 heavy (non-hydrogen) atoms. The Morgan fingerprint density at radius 3 is 2.86 bits per heavy atom. The van der Waals surface area contributed by atoms with E-state index in [1.165, 1.54) is 16.3 Å². The van der Waals surface area contributed by atoms with Crippen LogP contribution >= 0.6 is 23.8 Å². The van der Waals surface area contributed by atoms with Crippen molar-refractivity contribution in [1.82, 2.24) is 24.8 Å². The van der Waals surface area contributed by atoms with Crippen molar-refractivity contribution in [3.05, 3.63) is 40.3 Å². The van der Waals surface area contributed by atoms with Crippen LogP contribution in [0.2, 0.25) is 5.02 Å². The van der Waals surface area contributed by atoms with Gasteiger partial charge in [-0.05, 0) is 42.9 Å². The summed E-state index contributed by atoms with van der Waals surface area (Å²) in [4.78, 5) is 15.4. The van der Waals surface area contributed by atoms with Crippen molar-refractivity contribution < 1.29 is 4.79 Å². The van der Waals surface area contributed by atoms with Gasteiger partial charge in [-0.3, -0.25) is 9.78 Å². The maximum Gasteiger partial charge on any atom is 0.242 e. The number of nitrogens with one attached hydrogen (secondary N) is 3. The standard InChI is InChI=1S/C17H21ClN8OS/c1-11(27)23-10-25-17(28)26(19)16(24-25)22-7-2-6-20-14-5-8-21-15-9-12(18)3-4-13(14)15/h3-5,8-9H,2,6-7,10,19H2,1H3,(H,20,21)(H,22,24)(H,23,27). The van der Waals surface area contributed by atoms with E-state index < -0.39 is 0 Å². The van der Waals surface area contributed by atoms with Crippen LogP contribution < -0.4 is 21.8 Å². The summed E-state index contributed by atoms with van der Waals surface area (Å²) in [5.41, 5.74) is 1.85. The highest BCUT2D eigenvalue weighted by molar-refractivity contribution is 7.71. The molecule has 3 rings (SSSR count). The van der Waals surface area contributed by atoms with Gasteiger partial charge in [0.1, 0.15) is 6.67 Å². The third-order valence-corrected chi connectivity index (χ3v) is 4.65. The zero-order chi connectivity index (χ0) is 20.1. The van der Waals surface area contributed by atoms with Crippen molar-refractivity contribution in [2.75, 3.05) is 29.6 Å². The molecule has 0 fully saturated rings. The van der Waals surface area contributed by atoms with E-state index in [9.17, 15) is 4.79 Å². The van der Waals surface area contributed by atoms with Crippen LogP contribution in [0, 0.1) is 4.77 Å². The van der Waals surface area contributed by atoms with Crippen LogP contribution in [0.4, 0.5) is 11.6 Å². The number of benzene rings is 1. The smallest absolute Gasteiger partial charge is 0.242 e. The molecular formula is C17H21ClN8OS. The van der Waals surface area contributed by atoms with E-state index in [4.69, 9.17) is 29.7 Å². The molecule has 0 aliphatic rings. The molecule has 148 valence electrons. The Morgan fingerprint density at radius 1 is 1.29 bits per heavy atom. The number of carbonyl (C=O) groups excluding carboxylic acids is 1. The highest BCUT2D eigenvalue weighted by atomic mass is 35.5. The number of aromatic nitrogens is 4. The molecule has 1 aromatic carbocycles. The van der Waals surface area contributed by atoms with Gasteiger partial charge in [0.15, 0.2) is 0 Å². The second kappa shape index (κ2) is 8.89. The predicted molar refractivity (Wildman–Crippen MR) is 113 cm³/mol. The van der Waals surface area contributed by atoms with Gasteiger partial charge >= 0.3 is 0 Å². The molecule has 0 spiro atoms. The molecule has 9 nitrogen and oxygen atoms in total. The molecule has 5 N–H and O–H groups in total. The highest BCUT2D eigenvalue weighted by Crippen LogP contribution is 2.24. The van der Waals surface area contributed by atoms with Crippen molar-refractivity contribution in [2.45, 2.75) is 20.0 Å². The summed E-state index contributed by atoms with van der Waals surface area (Å²) >= 11 is 11.2. The maximum absolute atomic E-state index is 11.0. The number of fused-ring (bicyclic) bond motifs is 1. The molecule has 0 atom stereocenters. The first-order valence-corrected chi connectivity index (χ1v) is 9.45. The van der Waals surface area contributed by atoms with Crippen molar-refractivity contribution in [3.63, 3.8) is 0 Å². The normalized spacial score (nSPS) is 10.8. The zero-order valence-corrected chi connectivity index (χ0v) is 16.8. The van der Waals surface area contributed by atoms with Crippen molar-refractivity contribution in [2.24, 2.45) is 0 Å². The lowest BCUT2D eigenvalue weighted by atomic mass is 10.2. The predicted octanol–water partition coefficient (Wildman–Crippen LogP) is 2.34. The fraction of sp³-hybridized carbons (Fsp3) is 0.294.